The Labute approximate surface area is 198 Å². The molecule has 0 bridgehead atoms. The number of aliphatic hydroxyl groups is 1. The predicted molar refractivity (Wildman–Crippen MR) is 131 cm³/mol. The summed E-state index contributed by atoms with van der Waals surface area (Å²) in [6, 6.07) is 12.9. The van der Waals surface area contributed by atoms with E-state index in [0.717, 1.165) is 69.3 Å². The Kier molecular flexibility index (Phi) is 7.30. The molecule has 2 aliphatic rings. The van der Waals surface area contributed by atoms with Gasteiger partial charge in [0.2, 0.25) is 0 Å². The molecule has 2 fully saturated rings. The normalized spacial score (nSPS) is 20.0. The van der Waals surface area contributed by atoms with Crippen molar-refractivity contribution in [2.24, 2.45) is 5.92 Å². The van der Waals surface area contributed by atoms with Gasteiger partial charge in [0.05, 0.1) is 18.1 Å². The Hall–Kier alpha value is -2.11. The van der Waals surface area contributed by atoms with Crippen LogP contribution >= 0.6 is 0 Å². The molecule has 5 heteroatoms. The molecule has 0 atom stereocenters. The number of carbonyl (C=O) groups is 1. The fraction of sp³-hybridized carbons (Fsp3) is 0.607. The molecule has 5 nitrogen and oxygen atoms in total. The first-order chi connectivity index (χ1) is 15.8. The van der Waals surface area contributed by atoms with E-state index in [1.165, 1.54) is 17.4 Å². The fourth-order valence-corrected chi connectivity index (χ4v) is 5.47. The first-order valence-corrected chi connectivity index (χ1v) is 12.6. The van der Waals surface area contributed by atoms with Crippen molar-refractivity contribution in [1.82, 2.24) is 4.90 Å². The minimum Gasteiger partial charge on any atom is -0.484 e. The maximum atomic E-state index is 12.0. The highest BCUT2D eigenvalue weighted by molar-refractivity contribution is 5.84. The van der Waals surface area contributed by atoms with Crippen LogP contribution in [0.2, 0.25) is 0 Å². The minimum absolute atomic E-state index is 0.0412. The number of carbonyl (C=O) groups excluding carboxylic acids is 1. The van der Waals surface area contributed by atoms with Crippen LogP contribution in [0.15, 0.2) is 36.4 Å². The molecule has 0 amide bonds. The van der Waals surface area contributed by atoms with E-state index < -0.39 is 11.2 Å². The van der Waals surface area contributed by atoms with Crippen LogP contribution in [0, 0.1) is 5.92 Å². The molecule has 1 aliphatic carbocycles. The number of piperidine rings is 1. The number of benzene rings is 2. The molecule has 2 aromatic carbocycles. The maximum absolute atomic E-state index is 12.0. The van der Waals surface area contributed by atoms with Gasteiger partial charge in [0.15, 0.2) is 0 Å². The Bertz CT molecular complexity index is 950. The second-order valence-electron chi connectivity index (χ2n) is 10.4. The molecule has 1 N–H and O–H groups in total. The summed E-state index contributed by atoms with van der Waals surface area (Å²) in [4.78, 5) is 14.4. The van der Waals surface area contributed by atoms with E-state index in [0.29, 0.717) is 6.61 Å². The van der Waals surface area contributed by atoms with Crippen molar-refractivity contribution >= 4 is 16.7 Å². The highest BCUT2D eigenvalue weighted by Gasteiger charge is 2.46. The SMILES string of the molecule is CCOC(=O)C1CCN(Cc2ccc3cc(OC4(C(C)(C)O)CCCCC4)ccc3c2)CC1. The van der Waals surface area contributed by atoms with Crippen LogP contribution in [0.4, 0.5) is 0 Å². The van der Waals surface area contributed by atoms with Crippen molar-refractivity contribution in [1.29, 1.82) is 0 Å². The highest BCUT2D eigenvalue weighted by atomic mass is 16.5. The average Bonchev–Trinajstić information content (AvgIpc) is 2.80. The number of fused-ring (bicyclic) bond motifs is 1. The van der Waals surface area contributed by atoms with Crippen LogP contribution in [0.3, 0.4) is 0 Å². The van der Waals surface area contributed by atoms with Gasteiger partial charge >= 0.3 is 5.97 Å². The molecule has 0 spiro atoms. The lowest BCUT2D eigenvalue weighted by atomic mass is 9.74. The number of hydrogen-bond acceptors (Lipinski definition) is 5. The molecule has 1 saturated carbocycles. The van der Waals surface area contributed by atoms with Gasteiger partial charge < -0.3 is 14.6 Å². The summed E-state index contributed by atoms with van der Waals surface area (Å²) in [5, 5.41) is 13.2. The fourth-order valence-electron chi connectivity index (χ4n) is 5.47. The van der Waals surface area contributed by atoms with Gasteiger partial charge in [-0.2, -0.15) is 0 Å². The van der Waals surface area contributed by atoms with E-state index >= 15 is 0 Å². The topological polar surface area (TPSA) is 59.0 Å². The van der Waals surface area contributed by atoms with Gasteiger partial charge in [-0.3, -0.25) is 9.69 Å². The average molecular weight is 454 g/mol. The molecule has 0 unspecified atom stereocenters. The summed E-state index contributed by atoms with van der Waals surface area (Å²) in [7, 11) is 0. The van der Waals surface area contributed by atoms with Crippen LogP contribution in [-0.4, -0.2) is 46.9 Å². The van der Waals surface area contributed by atoms with Gasteiger partial charge in [0, 0.05) is 6.54 Å². The van der Waals surface area contributed by atoms with Crippen molar-refractivity contribution < 1.29 is 19.4 Å². The standard InChI is InChI=1S/C28H39NO4/c1-4-32-26(30)22-12-16-29(17-13-22)20-21-8-9-24-19-25(11-10-23(24)18-21)33-28(27(2,3)31)14-6-5-7-15-28/h8-11,18-19,22,31H,4-7,12-17,20H2,1-3H3. The van der Waals surface area contributed by atoms with Crippen molar-refractivity contribution in [3.63, 3.8) is 0 Å². The van der Waals surface area contributed by atoms with Gasteiger partial charge in [-0.15, -0.1) is 0 Å². The highest BCUT2D eigenvalue weighted by Crippen LogP contribution is 2.41. The first kappa shape index (κ1) is 24.0. The number of ether oxygens (including phenoxy) is 2. The summed E-state index contributed by atoms with van der Waals surface area (Å²) in [5.74, 6) is 0.841. The van der Waals surface area contributed by atoms with Gasteiger partial charge in [-0.1, -0.05) is 24.6 Å². The molecule has 180 valence electrons. The predicted octanol–water partition coefficient (Wildman–Crippen LogP) is 5.47. The molecule has 1 aliphatic heterocycles. The lowest BCUT2D eigenvalue weighted by Gasteiger charge is -2.46. The smallest absolute Gasteiger partial charge is 0.309 e. The summed E-state index contributed by atoms with van der Waals surface area (Å²) in [5.41, 5.74) is -0.118. The van der Waals surface area contributed by atoms with Crippen molar-refractivity contribution in [2.75, 3.05) is 19.7 Å². The quantitative estimate of drug-likeness (QED) is 0.564. The molecule has 1 heterocycles. The molecule has 0 aromatic heterocycles. The van der Waals surface area contributed by atoms with Gasteiger partial charge in [0.1, 0.15) is 11.4 Å². The Morgan fingerprint density at radius 1 is 1.06 bits per heavy atom. The number of likely N-dealkylation sites (tertiary alicyclic amines) is 1. The maximum Gasteiger partial charge on any atom is 0.309 e. The molecular formula is C28H39NO4. The molecular weight excluding hydrogens is 414 g/mol. The number of hydrogen-bond donors (Lipinski definition) is 1. The summed E-state index contributed by atoms with van der Waals surface area (Å²) < 4.78 is 11.7. The second-order valence-corrected chi connectivity index (χ2v) is 10.4. The lowest BCUT2D eigenvalue weighted by Crippen LogP contribution is -2.55. The molecule has 33 heavy (non-hydrogen) atoms. The van der Waals surface area contributed by atoms with E-state index in [-0.39, 0.29) is 11.9 Å². The molecule has 1 saturated heterocycles. The zero-order chi connectivity index (χ0) is 23.5. The van der Waals surface area contributed by atoms with Crippen molar-refractivity contribution in [3.8, 4) is 5.75 Å². The summed E-state index contributed by atoms with van der Waals surface area (Å²) in [6.45, 7) is 8.82. The van der Waals surface area contributed by atoms with E-state index in [9.17, 15) is 9.90 Å². The van der Waals surface area contributed by atoms with Crippen LogP contribution in [-0.2, 0) is 16.1 Å². The number of nitrogens with zero attached hydrogens (tertiary/aromatic N) is 1. The van der Waals surface area contributed by atoms with Gasteiger partial charge in [-0.25, -0.2) is 0 Å². The molecule has 0 radical (unpaired) electrons. The van der Waals surface area contributed by atoms with Crippen LogP contribution in [0.5, 0.6) is 5.75 Å². The third kappa shape index (κ3) is 5.52. The third-order valence-corrected chi connectivity index (χ3v) is 7.58. The number of esters is 1. The van der Waals surface area contributed by atoms with E-state index in [2.05, 4.69) is 35.2 Å². The lowest BCUT2D eigenvalue weighted by molar-refractivity contribution is -0.149. The van der Waals surface area contributed by atoms with E-state index in [1.54, 1.807) is 0 Å². The Morgan fingerprint density at radius 3 is 2.39 bits per heavy atom. The van der Waals surface area contributed by atoms with Crippen LogP contribution in [0.25, 0.3) is 10.8 Å². The third-order valence-electron chi connectivity index (χ3n) is 7.58. The van der Waals surface area contributed by atoms with E-state index in [1.807, 2.05) is 26.8 Å². The largest absolute Gasteiger partial charge is 0.484 e. The Morgan fingerprint density at radius 2 is 1.73 bits per heavy atom. The zero-order valence-electron chi connectivity index (χ0n) is 20.4. The molecule has 2 aromatic rings. The monoisotopic (exact) mass is 453 g/mol. The van der Waals surface area contributed by atoms with Crippen LogP contribution in [0.1, 0.15) is 71.3 Å². The zero-order valence-corrected chi connectivity index (χ0v) is 20.4. The van der Waals surface area contributed by atoms with Gasteiger partial charge in [-0.05, 0) is 107 Å². The summed E-state index contributed by atoms with van der Waals surface area (Å²) in [6.07, 6.45) is 6.92. The molecule has 4 rings (SSSR count). The first-order valence-electron chi connectivity index (χ1n) is 12.6. The second kappa shape index (κ2) is 10.0. The van der Waals surface area contributed by atoms with Gasteiger partial charge in [0.25, 0.3) is 0 Å². The summed E-state index contributed by atoms with van der Waals surface area (Å²) >= 11 is 0. The van der Waals surface area contributed by atoms with Crippen molar-refractivity contribution in [2.45, 2.75) is 83.5 Å². The van der Waals surface area contributed by atoms with Crippen LogP contribution < -0.4 is 4.74 Å². The Balaban J connectivity index is 1.41. The number of rotatable bonds is 7. The minimum atomic E-state index is -0.882. The van der Waals surface area contributed by atoms with E-state index in [4.69, 9.17) is 9.47 Å². The van der Waals surface area contributed by atoms with Crippen molar-refractivity contribution in [3.05, 3.63) is 42.0 Å².